The second-order valence-corrected chi connectivity index (χ2v) is 6.79. The summed E-state index contributed by atoms with van der Waals surface area (Å²) in [4.78, 5) is 12.4. The van der Waals surface area contributed by atoms with Gasteiger partial charge < -0.3 is 0 Å². The van der Waals surface area contributed by atoms with Crippen molar-refractivity contribution in [2.45, 2.75) is 13.0 Å². The molecule has 0 amide bonds. The molecule has 1 fully saturated rings. The Balaban J connectivity index is 1.80. The van der Waals surface area contributed by atoms with Crippen LogP contribution in [-0.4, -0.2) is 39.5 Å². The van der Waals surface area contributed by atoms with E-state index in [1.54, 1.807) is 11.3 Å². The van der Waals surface area contributed by atoms with Crippen LogP contribution in [0.5, 0.6) is 0 Å². The molecule has 0 unspecified atom stereocenters. The smallest absolute Gasteiger partial charge is 0.145 e. The molecule has 3 heterocycles. The van der Waals surface area contributed by atoms with E-state index in [-0.39, 0.29) is 0 Å². The van der Waals surface area contributed by atoms with Crippen LogP contribution in [0.2, 0.25) is 5.15 Å². The van der Waals surface area contributed by atoms with E-state index in [2.05, 4.69) is 14.9 Å². The van der Waals surface area contributed by atoms with Gasteiger partial charge in [-0.2, -0.15) is 11.8 Å². The van der Waals surface area contributed by atoms with Crippen molar-refractivity contribution in [1.29, 1.82) is 0 Å². The fourth-order valence-corrected chi connectivity index (χ4v) is 4.10. The van der Waals surface area contributed by atoms with Crippen LogP contribution in [0.25, 0.3) is 10.2 Å². The molecule has 18 heavy (non-hydrogen) atoms. The normalized spacial score (nSPS) is 18.1. The lowest BCUT2D eigenvalue weighted by molar-refractivity contribution is 0.280. The predicted molar refractivity (Wildman–Crippen MR) is 79.6 cm³/mol. The van der Waals surface area contributed by atoms with Gasteiger partial charge in [-0.15, -0.1) is 11.3 Å². The monoisotopic (exact) mass is 299 g/mol. The molecule has 96 valence electrons. The number of aromatic nitrogens is 2. The maximum Gasteiger partial charge on any atom is 0.145 e. The highest BCUT2D eigenvalue weighted by Gasteiger charge is 2.13. The van der Waals surface area contributed by atoms with Crippen molar-refractivity contribution in [2.75, 3.05) is 24.6 Å². The molecule has 0 saturated carbocycles. The average Bonchev–Trinajstić information content (AvgIpc) is 2.68. The molecule has 0 radical (unpaired) electrons. The minimum absolute atomic E-state index is 0.584. The van der Waals surface area contributed by atoms with Gasteiger partial charge in [-0.3, -0.25) is 4.90 Å². The minimum atomic E-state index is 0.584. The predicted octanol–water partition coefficient (Wildman–Crippen LogP) is 3.28. The van der Waals surface area contributed by atoms with Crippen LogP contribution in [0.15, 0.2) is 11.4 Å². The summed E-state index contributed by atoms with van der Waals surface area (Å²) >= 11 is 9.84. The summed E-state index contributed by atoms with van der Waals surface area (Å²) in [7, 11) is 0. The van der Waals surface area contributed by atoms with Gasteiger partial charge in [0.05, 0.1) is 6.54 Å². The van der Waals surface area contributed by atoms with Crippen molar-refractivity contribution in [3.05, 3.63) is 22.4 Å². The Morgan fingerprint density at radius 2 is 2.22 bits per heavy atom. The fourth-order valence-electron chi connectivity index (χ4n) is 2.09. The summed E-state index contributed by atoms with van der Waals surface area (Å²) in [5.74, 6) is 3.32. The minimum Gasteiger partial charge on any atom is -0.295 e. The summed E-state index contributed by atoms with van der Waals surface area (Å²) in [5.41, 5.74) is 0. The van der Waals surface area contributed by atoms with Crippen LogP contribution >= 0.6 is 34.7 Å². The summed E-state index contributed by atoms with van der Waals surface area (Å²) < 4.78 is 0. The average molecular weight is 300 g/mol. The Morgan fingerprint density at radius 1 is 1.28 bits per heavy atom. The first-order valence-corrected chi connectivity index (χ1v) is 8.44. The lowest BCUT2D eigenvalue weighted by atomic mass is 10.3. The van der Waals surface area contributed by atoms with Gasteiger partial charge >= 0.3 is 0 Å². The number of hydrogen-bond donors (Lipinski definition) is 0. The molecule has 6 heteroatoms. The SMILES string of the molecule is Clc1nc(CN2CCCSCC2)nc2sccc12. The van der Waals surface area contributed by atoms with Crippen LogP contribution in [-0.2, 0) is 6.54 Å². The van der Waals surface area contributed by atoms with Crippen molar-refractivity contribution < 1.29 is 0 Å². The van der Waals surface area contributed by atoms with Crippen LogP contribution in [0, 0.1) is 0 Å². The van der Waals surface area contributed by atoms with Gasteiger partial charge in [0.15, 0.2) is 0 Å². The van der Waals surface area contributed by atoms with Gasteiger partial charge in [0.1, 0.15) is 15.8 Å². The zero-order chi connectivity index (χ0) is 12.4. The summed E-state index contributed by atoms with van der Waals surface area (Å²) in [6.07, 6.45) is 1.25. The van der Waals surface area contributed by atoms with E-state index in [1.165, 1.54) is 17.9 Å². The van der Waals surface area contributed by atoms with E-state index >= 15 is 0 Å². The molecule has 1 aliphatic rings. The molecule has 3 rings (SSSR count). The van der Waals surface area contributed by atoms with Gasteiger partial charge in [0, 0.05) is 17.7 Å². The summed E-state index contributed by atoms with van der Waals surface area (Å²) in [6, 6.07) is 1.98. The third-order valence-corrected chi connectivity index (χ3v) is 5.15. The second-order valence-electron chi connectivity index (χ2n) is 4.31. The number of halogens is 1. The zero-order valence-corrected chi connectivity index (χ0v) is 12.3. The van der Waals surface area contributed by atoms with E-state index in [9.17, 15) is 0 Å². The van der Waals surface area contributed by atoms with Gasteiger partial charge in [-0.25, -0.2) is 9.97 Å². The summed E-state index contributed by atoms with van der Waals surface area (Å²) in [6.45, 7) is 3.07. The molecule has 2 aromatic rings. The zero-order valence-electron chi connectivity index (χ0n) is 9.93. The van der Waals surface area contributed by atoms with Gasteiger partial charge in [-0.05, 0) is 30.2 Å². The highest BCUT2D eigenvalue weighted by Crippen LogP contribution is 2.25. The fraction of sp³-hybridized carbons (Fsp3) is 0.500. The molecule has 0 atom stereocenters. The third-order valence-electron chi connectivity index (χ3n) is 3.00. The van der Waals surface area contributed by atoms with E-state index < -0.39 is 0 Å². The van der Waals surface area contributed by atoms with E-state index in [0.717, 1.165) is 35.7 Å². The van der Waals surface area contributed by atoms with Gasteiger partial charge in [-0.1, -0.05) is 11.6 Å². The first kappa shape index (κ1) is 12.7. The van der Waals surface area contributed by atoms with Crippen molar-refractivity contribution in [3.63, 3.8) is 0 Å². The highest BCUT2D eigenvalue weighted by molar-refractivity contribution is 7.99. The largest absolute Gasteiger partial charge is 0.295 e. The summed E-state index contributed by atoms with van der Waals surface area (Å²) in [5, 5.41) is 3.56. The van der Waals surface area contributed by atoms with Gasteiger partial charge in [0.2, 0.25) is 0 Å². The molecule has 0 bridgehead atoms. The van der Waals surface area contributed by atoms with E-state index in [1.807, 2.05) is 23.2 Å². The molecule has 1 aliphatic heterocycles. The molecule has 3 nitrogen and oxygen atoms in total. The third kappa shape index (κ3) is 2.79. The quantitative estimate of drug-likeness (QED) is 0.796. The Bertz CT molecular complexity index is 535. The van der Waals surface area contributed by atoms with E-state index in [4.69, 9.17) is 11.6 Å². The van der Waals surface area contributed by atoms with Crippen LogP contribution in [0.3, 0.4) is 0 Å². The first-order valence-electron chi connectivity index (χ1n) is 6.02. The van der Waals surface area contributed by atoms with Crippen LogP contribution in [0.1, 0.15) is 12.2 Å². The number of thioether (sulfide) groups is 1. The van der Waals surface area contributed by atoms with Crippen molar-refractivity contribution in [3.8, 4) is 0 Å². The van der Waals surface area contributed by atoms with Gasteiger partial charge in [0.25, 0.3) is 0 Å². The topological polar surface area (TPSA) is 29.0 Å². The molecule has 0 aromatic carbocycles. The maximum absolute atomic E-state index is 6.19. The number of rotatable bonds is 2. The highest BCUT2D eigenvalue weighted by atomic mass is 35.5. The Hall–Kier alpha value is -0.360. The molecule has 0 aliphatic carbocycles. The standard InChI is InChI=1S/C12H14ClN3S2/c13-11-9-2-6-18-12(9)15-10(14-11)8-16-3-1-5-17-7-4-16/h2,6H,1,3-5,7-8H2. The Kier molecular flexibility index (Phi) is 4.03. The van der Waals surface area contributed by atoms with Crippen LogP contribution < -0.4 is 0 Å². The van der Waals surface area contributed by atoms with E-state index in [0.29, 0.717) is 5.15 Å². The second kappa shape index (κ2) is 5.74. The number of nitrogens with zero attached hydrogens (tertiary/aromatic N) is 3. The molecule has 0 N–H and O–H groups in total. The maximum atomic E-state index is 6.19. The Labute approximate surface area is 120 Å². The number of fused-ring (bicyclic) bond motifs is 1. The lowest BCUT2D eigenvalue weighted by Crippen LogP contribution is -2.26. The molecule has 2 aromatic heterocycles. The molecular formula is C12H14ClN3S2. The van der Waals surface area contributed by atoms with Crippen molar-refractivity contribution in [2.24, 2.45) is 0 Å². The first-order chi connectivity index (χ1) is 8.83. The van der Waals surface area contributed by atoms with Crippen molar-refractivity contribution in [1.82, 2.24) is 14.9 Å². The Morgan fingerprint density at radius 3 is 3.17 bits per heavy atom. The number of hydrogen-bond acceptors (Lipinski definition) is 5. The van der Waals surface area contributed by atoms with Crippen LogP contribution in [0.4, 0.5) is 0 Å². The lowest BCUT2D eigenvalue weighted by Gasteiger charge is -2.18. The number of thiophene rings is 1. The van der Waals surface area contributed by atoms with Crippen molar-refractivity contribution >= 4 is 44.9 Å². The molecule has 0 spiro atoms. The molecular weight excluding hydrogens is 286 g/mol. The molecule has 1 saturated heterocycles.